The second-order valence-corrected chi connectivity index (χ2v) is 6.64. The summed E-state index contributed by atoms with van der Waals surface area (Å²) in [4.78, 5) is 19.0. The minimum Gasteiger partial charge on any atom is -0.348 e. The van der Waals surface area contributed by atoms with E-state index in [1.54, 1.807) is 12.4 Å². The van der Waals surface area contributed by atoms with E-state index >= 15 is 0 Å². The summed E-state index contributed by atoms with van der Waals surface area (Å²) in [5, 5.41) is 3.56. The number of rotatable bonds is 4. The van der Waals surface area contributed by atoms with Crippen LogP contribution in [0.5, 0.6) is 0 Å². The molecule has 4 rings (SSSR count). The molecule has 26 heavy (non-hydrogen) atoms. The molecule has 0 atom stereocenters. The van der Waals surface area contributed by atoms with Crippen LogP contribution in [-0.4, -0.2) is 17.4 Å². The van der Waals surface area contributed by atoms with Crippen molar-refractivity contribution in [1.29, 1.82) is 0 Å². The number of benzene rings is 2. The van der Waals surface area contributed by atoms with Gasteiger partial charge < -0.3 is 10.2 Å². The summed E-state index contributed by atoms with van der Waals surface area (Å²) in [6.07, 6.45) is 4.39. The highest BCUT2D eigenvalue weighted by atomic mass is 35.5. The average Bonchev–Trinajstić information content (AvgIpc) is 3.11. The van der Waals surface area contributed by atoms with Crippen LogP contribution in [0.3, 0.4) is 0 Å². The second kappa shape index (κ2) is 7.18. The van der Waals surface area contributed by atoms with Crippen molar-refractivity contribution in [3.8, 4) is 0 Å². The molecular weight excluding hydrogens is 346 g/mol. The third-order valence-electron chi connectivity index (χ3n) is 4.58. The lowest BCUT2D eigenvalue weighted by molar-refractivity contribution is 0.0950. The molecule has 5 heteroatoms. The van der Waals surface area contributed by atoms with Crippen LogP contribution < -0.4 is 10.2 Å². The Morgan fingerprint density at radius 1 is 1.12 bits per heavy atom. The Hall–Kier alpha value is -2.85. The quantitative estimate of drug-likeness (QED) is 0.749. The topological polar surface area (TPSA) is 45.2 Å². The lowest BCUT2D eigenvalue weighted by Gasteiger charge is -2.19. The minimum atomic E-state index is -0.160. The van der Waals surface area contributed by atoms with Gasteiger partial charge in [0.15, 0.2) is 0 Å². The van der Waals surface area contributed by atoms with Gasteiger partial charge >= 0.3 is 0 Å². The van der Waals surface area contributed by atoms with E-state index in [-0.39, 0.29) is 5.91 Å². The van der Waals surface area contributed by atoms with Crippen LogP contribution in [0, 0.1) is 0 Å². The van der Waals surface area contributed by atoms with Gasteiger partial charge in [0, 0.05) is 30.0 Å². The fraction of sp³-hybridized carbons (Fsp3) is 0.143. The van der Waals surface area contributed by atoms with E-state index in [0.717, 1.165) is 24.2 Å². The van der Waals surface area contributed by atoms with Crippen LogP contribution in [-0.2, 0) is 13.0 Å². The standard InChI is InChI=1S/C21H18ClN3O/c22-19-7-3-1-6-16(19)13-24-21(26)17-11-18(14-23-12-17)25-10-9-15-5-2-4-8-20(15)25/h1-8,11-12,14H,9-10,13H2,(H,24,26). The van der Waals surface area contributed by atoms with Crippen LogP contribution in [0.2, 0.25) is 5.02 Å². The van der Waals surface area contributed by atoms with Gasteiger partial charge in [-0.1, -0.05) is 48.0 Å². The zero-order chi connectivity index (χ0) is 17.9. The molecule has 0 bridgehead atoms. The Morgan fingerprint density at radius 2 is 1.92 bits per heavy atom. The van der Waals surface area contributed by atoms with Crippen LogP contribution >= 0.6 is 11.6 Å². The van der Waals surface area contributed by atoms with Crippen LogP contribution in [0.4, 0.5) is 11.4 Å². The van der Waals surface area contributed by atoms with Gasteiger partial charge in [0.05, 0.1) is 17.4 Å². The summed E-state index contributed by atoms with van der Waals surface area (Å²) in [5.74, 6) is -0.160. The van der Waals surface area contributed by atoms with Gasteiger partial charge in [-0.3, -0.25) is 9.78 Å². The molecule has 3 aromatic rings. The first-order valence-corrected chi connectivity index (χ1v) is 8.92. The SMILES string of the molecule is O=C(NCc1ccccc1Cl)c1cncc(N2CCc3ccccc32)c1. The maximum Gasteiger partial charge on any atom is 0.253 e. The average molecular weight is 364 g/mol. The molecule has 1 N–H and O–H groups in total. The Morgan fingerprint density at radius 3 is 2.81 bits per heavy atom. The fourth-order valence-electron chi connectivity index (χ4n) is 3.23. The van der Waals surface area contributed by atoms with Crippen molar-refractivity contribution in [2.75, 3.05) is 11.4 Å². The molecule has 0 radical (unpaired) electrons. The van der Waals surface area contributed by atoms with Crippen molar-refractivity contribution in [2.24, 2.45) is 0 Å². The molecule has 1 amide bonds. The molecule has 1 aliphatic rings. The zero-order valence-corrected chi connectivity index (χ0v) is 14.9. The first-order chi connectivity index (χ1) is 12.7. The molecule has 0 unspecified atom stereocenters. The monoisotopic (exact) mass is 363 g/mol. The lowest BCUT2D eigenvalue weighted by atomic mass is 10.2. The summed E-state index contributed by atoms with van der Waals surface area (Å²) in [6.45, 7) is 1.28. The third-order valence-corrected chi connectivity index (χ3v) is 4.95. The van der Waals surface area contributed by atoms with Gasteiger partial charge in [0.2, 0.25) is 0 Å². The van der Waals surface area contributed by atoms with E-state index in [1.165, 1.54) is 11.3 Å². The summed E-state index contributed by atoms with van der Waals surface area (Å²) in [5.41, 5.74) is 4.86. The van der Waals surface area contributed by atoms with Crippen LogP contribution in [0.25, 0.3) is 0 Å². The van der Waals surface area contributed by atoms with Gasteiger partial charge in [-0.25, -0.2) is 0 Å². The van der Waals surface area contributed by atoms with E-state index in [1.807, 2.05) is 36.4 Å². The smallest absolute Gasteiger partial charge is 0.253 e. The number of aromatic nitrogens is 1. The molecule has 1 aliphatic heterocycles. The number of pyridine rings is 1. The number of para-hydroxylation sites is 1. The van der Waals surface area contributed by atoms with Gasteiger partial charge in [0.25, 0.3) is 5.91 Å². The van der Waals surface area contributed by atoms with Crippen molar-refractivity contribution in [3.05, 3.63) is 88.7 Å². The molecule has 130 valence electrons. The van der Waals surface area contributed by atoms with Crippen molar-refractivity contribution >= 4 is 28.9 Å². The highest BCUT2D eigenvalue weighted by Gasteiger charge is 2.20. The van der Waals surface area contributed by atoms with E-state index in [2.05, 4.69) is 33.4 Å². The number of hydrogen-bond donors (Lipinski definition) is 1. The fourth-order valence-corrected chi connectivity index (χ4v) is 3.43. The lowest BCUT2D eigenvalue weighted by Crippen LogP contribution is -2.23. The predicted molar refractivity (Wildman–Crippen MR) is 104 cm³/mol. The molecule has 2 aromatic carbocycles. The number of amides is 1. The molecule has 0 spiro atoms. The van der Waals surface area contributed by atoms with Crippen LogP contribution in [0.1, 0.15) is 21.5 Å². The molecule has 0 saturated carbocycles. The Labute approximate surface area is 157 Å². The Balaban J connectivity index is 1.51. The van der Waals surface area contributed by atoms with Gasteiger partial charge in [0.1, 0.15) is 0 Å². The van der Waals surface area contributed by atoms with Gasteiger partial charge in [-0.2, -0.15) is 0 Å². The number of hydrogen-bond acceptors (Lipinski definition) is 3. The molecule has 0 saturated heterocycles. The number of halogens is 1. The van der Waals surface area contributed by atoms with Crippen molar-refractivity contribution in [2.45, 2.75) is 13.0 Å². The maximum atomic E-state index is 12.5. The second-order valence-electron chi connectivity index (χ2n) is 6.24. The molecule has 1 aromatic heterocycles. The van der Waals surface area contributed by atoms with E-state index in [0.29, 0.717) is 17.1 Å². The first kappa shape index (κ1) is 16.6. The molecule has 4 nitrogen and oxygen atoms in total. The largest absolute Gasteiger partial charge is 0.348 e. The molecular formula is C21H18ClN3O. The summed E-state index contributed by atoms with van der Waals surface area (Å²) >= 11 is 6.14. The number of nitrogens with one attached hydrogen (secondary N) is 1. The molecule has 0 aliphatic carbocycles. The number of nitrogens with zero attached hydrogens (tertiary/aromatic N) is 2. The van der Waals surface area contributed by atoms with Gasteiger partial charge in [-0.15, -0.1) is 0 Å². The van der Waals surface area contributed by atoms with E-state index in [9.17, 15) is 4.79 Å². The van der Waals surface area contributed by atoms with E-state index < -0.39 is 0 Å². The predicted octanol–water partition coefficient (Wildman–Crippen LogP) is 4.36. The first-order valence-electron chi connectivity index (χ1n) is 8.54. The highest BCUT2D eigenvalue weighted by Crippen LogP contribution is 2.34. The Kier molecular flexibility index (Phi) is 4.59. The number of carbonyl (C=O) groups is 1. The summed E-state index contributed by atoms with van der Waals surface area (Å²) in [6, 6.07) is 17.7. The Bertz CT molecular complexity index is 957. The molecule has 2 heterocycles. The highest BCUT2D eigenvalue weighted by molar-refractivity contribution is 6.31. The van der Waals surface area contributed by atoms with Crippen molar-refractivity contribution in [1.82, 2.24) is 10.3 Å². The number of fused-ring (bicyclic) bond motifs is 1. The number of carbonyl (C=O) groups excluding carboxylic acids is 1. The van der Waals surface area contributed by atoms with E-state index in [4.69, 9.17) is 11.6 Å². The third kappa shape index (κ3) is 3.28. The van der Waals surface area contributed by atoms with Crippen molar-refractivity contribution < 1.29 is 4.79 Å². The maximum absolute atomic E-state index is 12.5. The van der Waals surface area contributed by atoms with Crippen LogP contribution in [0.15, 0.2) is 67.0 Å². The minimum absolute atomic E-state index is 0.160. The van der Waals surface area contributed by atoms with Gasteiger partial charge in [-0.05, 0) is 35.7 Å². The molecule has 0 fully saturated rings. The summed E-state index contributed by atoms with van der Waals surface area (Å²) in [7, 11) is 0. The normalized spacial score (nSPS) is 12.7. The summed E-state index contributed by atoms with van der Waals surface area (Å²) < 4.78 is 0. The number of anilines is 2. The zero-order valence-electron chi connectivity index (χ0n) is 14.2. The van der Waals surface area contributed by atoms with Crippen molar-refractivity contribution in [3.63, 3.8) is 0 Å².